The van der Waals surface area contributed by atoms with Gasteiger partial charge in [-0.3, -0.25) is 0 Å². The number of fused-ring (bicyclic) bond motifs is 3. The molecule has 1 aromatic heterocycles. The smallest absolute Gasteiger partial charge is 0.179 e. The first-order chi connectivity index (χ1) is 25.1. The Morgan fingerprint density at radius 1 is 0.423 bits per heavy atom. The molecule has 256 valence electrons. The minimum absolute atomic E-state index is 0.0177. The van der Waals surface area contributed by atoms with Gasteiger partial charge in [0, 0.05) is 16.5 Å². The number of nitrogens with zero attached hydrogens (tertiary/aromatic N) is 1. The summed E-state index contributed by atoms with van der Waals surface area (Å²) >= 11 is 0. The molecule has 2 heteroatoms. The van der Waals surface area contributed by atoms with Crippen LogP contribution in [-0.2, 0) is 10.8 Å². The van der Waals surface area contributed by atoms with Crippen LogP contribution >= 0.6 is 0 Å². The van der Waals surface area contributed by atoms with E-state index in [4.69, 9.17) is 0 Å². The number of aromatic nitrogens is 1. The average molecular weight is 690 g/mol. The molecule has 8 aromatic rings. The molecule has 0 aliphatic heterocycles. The highest BCUT2D eigenvalue weighted by Gasteiger charge is 2.41. The lowest BCUT2D eigenvalue weighted by Gasteiger charge is -2.35. The fourth-order valence-corrected chi connectivity index (χ4v) is 13.0. The molecule has 0 N–H and O–H groups in total. The summed E-state index contributed by atoms with van der Waals surface area (Å²) in [6.45, 7) is 13.8. The minimum Gasteiger partial charge on any atom is -0.309 e. The van der Waals surface area contributed by atoms with Gasteiger partial charge in [-0.1, -0.05) is 199 Å². The molecule has 52 heavy (non-hydrogen) atoms. The van der Waals surface area contributed by atoms with Crippen molar-refractivity contribution in [2.45, 2.75) is 52.4 Å². The van der Waals surface area contributed by atoms with E-state index in [-0.39, 0.29) is 10.8 Å². The molecule has 0 amide bonds. The van der Waals surface area contributed by atoms with Crippen molar-refractivity contribution in [3.63, 3.8) is 0 Å². The molecule has 1 heterocycles. The predicted octanol–water partition coefficient (Wildman–Crippen LogP) is 10.4. The van der Waals surface area contributed by atoms with Gasteiger partial charge in [0.2, 0.25) is 0 Å². The average Bonchev–Trinajstić information content (AvgIpc) is 3.51. The van der Waals surface area contributed by atoms with Crippen LogP contribution in [0, 0.1) is 0 Å². The Morgan fingerprint density at radius 3 is 1.46 bits per heavy atom. The second-order valence-electron chi connectivity index (χ2n) is 16.2. The van der Waals surface area contributed by atoms with Crippen LogP contribution in [0.25, 0.3) is 38.6 Å². The Kier molecular flexibility index (Phi) is 8.39. The van der Waals surface area contributed by atoms with Gasteiger partial charge in [-0.2, -0.15) is 0 Å². The van der Waals surface area contributed by atoms with E-state index < -0.39 is 8.07 Å². The molecule has 0 aliphatic rings. The van der Waals surface area contributed by atoms with Crippen LogP contribution < -0.4 is 20.7 Å². The van der Waals surface area contributed by atoms with Crippen LogP contribution in [-0.4, -0.2) is 12.6 Å². The molecule has 0 aliphatic carbocycles. The molecule has 0 fully saturated rings. The second-order valence-corrected chi connectivity index (χ2v) is 20.0. The summed E-state index contributed by atoms with van der Waals surface area (Å²) in [6.07, 6.45) is 0. The highest BCUT2D eigenvalue weighted by Crippen LogP contribution is 2.42. The lowest BCUT2D eigenvalue weighted by Crippen LogP contribution is -2.74. The topological polar surface area (TPSA) is 4.93 Å². The summed E-state index contributed by atoms with van der Waals surface area (Å²) in [5, 5.41) is 8.15. The Morgan fingerprint density at radius 2 is 0.923 bits per heavy atom. The first-order valence-corrected chi connectivity index (χ1v) is 20.5. The van der Waals surface area contributed by atoms with Crippen LogP contribution in [0.2, 0.25) is 0 Å². The van der Waals surface area contributed by atoms with Gasteiger partial charge in [0.25, 0.3) is 0 Å². The van der Waals surface area contributed by atoms with Gasteiger partial charge >= 0.3 is 0 Å². The lowest BCUT2D eigenvalue weighted by atomic mass is 9.85. The zero-order valence-corrected chi connectivity index (χ0v) is 32.2. The summed E-state index contributed by atoms with van der Waals surface area (Å²) in [6, 6.07) is 66.1. The molecular weight excluding hydrogens is 643 g/mol. The Labute approximate surface area is 310 Å². The van der Waals surface area contributed by atoms with Gasteiger partial charge in [0.15, 0.2) is 8.07 Å². The molecule has 0 unspecified atom stereocenters. The number of hydrogen-bond acceptors (Lipinski definition) is 0. The lowest BCUT2D eigenvalue weighted by molar-refractivity contribution is 0.590. The summed E-state index contributed by atoms with van der Waals surface area (Å²) in [7, 11) is -2.68. The third-order valence-electron chi connectivity index (χ3n) is 10.9. The van der Waals surface area contributed by atoms with Crippen molar-refractivity contribution in [3.05, 3.63) is 187 Å². The number of hydrogen-bond donors (Lipinski definition) is 0. The van der Waals surface area contributed by atoms with Crippen molar-refractivity contribution >= 4 is 50.6 Å². The maximum Gasteiger partial charge on any atom is 0.179 e. The molecule has 0 atom stereocenters. The van der Waals surface area contributed by atoms with Gasteiger partial charge < -0.3 is 4.57 Å². The van der Waals surface area contributed by atoms with Gasteiger partial charge in [0.1, 0.15) is 0 Å². The highest BCUT2D eigenvalue weighted by molar-refractivity contribution is 7.19. The van der Waals surface area contributed by atoms with Crippen molar-refractivity contribution in [1.82, 2.24) is 4.57 Å². The molecule has 1 nitrogen and oxygen atoms in total. The SMILES string of the molecule is CC(C)(C)c1ccc([Si](c2ccccc2)(c2ccccc2)c2ccc(-c3cccc4c3c3cccc(C(C)(C)C)c3n4-c3ccccc3)cc2)cc1. The van der Waals surface area contributed by atoms with Crippen LogP contribution in [0.3, 0.4) is 0 Å². The van der Waals surface area contributed by atoms with Crippen LogP contribution in [0.15, 0.2) is 176 Å². The van der Waals surface area contributed by atoms with E-state index in [9.17, 15) is 0 Å². The normalized spacial score (nSPS) is 12.4. The molecule has 7 aromatic carbocycles. The van der Waals surface area contributed by atoms with E-state index in [1.54, 1.807) is 0 Å². The van der Waals surface area contributed by atoms with Gasteiger partial charge in [-0.05, 0) is 72.0 Å². The standard InChI is InChI=1S/C50H47NSi/c1-49(2,3)37-30-34-42(35-31-37)52(39-20-12-8-13-21-39,40-22-14-9-15-23-40)41-32-28-36(29-33-41)43-24-17-27-46-47(43)44-25-16-26-45(50(4,5)6)48(44)51(46)38-18-10-7-11-19-38/h7-35H,1-6H3. The van der Waals surface area contributed by atoms with Crippen molar-refractivity contribution in [1.29, 1.82) is 0 Å². The third kappa shape index (κ3) is 5.63. The van der Waals surface area contributed by atoms with Crippen LogP contribution in [0.5, 0.6) is 0 Å². The Bertz CT molecular complexity index is 2440. The first-order valence-electron chi connectivity index (χ1n) is 18.5. The summed E-state index contributed by atoms with van der Waals surface area (Å²) < 4.78 is 2.48. The van der Waals surface area contributed by atoms with Crippen molar-refractivity contribution in [2.75, 3.05) is 0 Å². The van der Waals surface area contributed by atoms with E-state index in [0.29, 0.717) is 0 Å². The van der Waals surface area contributed by atoms with E-state index >= 15 is 0 Å². The van der Waals surface area contributed by atoms with Crippen molar-refractivity contribution < 1.29 is 0 Å². The first kappa shape index (κ1) is 33.7. The Hall–Kier alpha value is -5.44. The minimum atomic E-state index is -2.68. The highest BCUT2D eigenvalue weighted by atomic mass is 28.3. The fourth-order valence-electron chi connectivity index (χ4n) is 8.30. The number of benzene rings is 7. The maximum absolute atomic E-state index is 2.68. The number of rotatable bonds is 6. The molecular formula is C50H47NSi. The summed E-state index contributed by atoms with van der Waals surface area (Å²) in [4.78, 5) is 0. The number of para-hydroxylation sites is 2. The monoisotopic (exact) mass is 689 g/mol. The fraction of sp³-hybridized carbons (Fsp3) is 0.160. The van der Waals surface area contributed by atoms with E-state index in [2.05, 4.69) is 222 Å². The quantitative estimate of drug-likeness (QED) is 0.121. The van der Waals surface area contributed by atoms with Gasteiger partial charge in [-0.15, -0.1) is 0 Å². The van der Waals surface area contributed by atoms with E-state index in [1.165, 1.54) is 70.5 Å². The predicted molar refractivity (Wildman–Crippen MR) is 227 cm³/mol. The van der Waals surface area contributed by atoms with Crippen LogP contribution in [0.4, 0.5) is 0 Å². The second kappa shape index (κ2) is 13.0. The molecule has 0 saturated heterocycles. The Balaban J connectivity index is 1.37. The molecule has 0 radical (unpaired) electrons. The maximum atomic E-state index is 2.48. The van der Waals surface area contributed by atoms with Crippen LogP contribution in [0.1, 0.15) is 52.7 Å². The van der Waals surface area contributed by atoms with Gasteiger partial charge in [0.05, 0.1) is 11.0 Å². The zero-order chi connectivity index (χ0) is 36.1. The van der Waals surface area contributed by atoms with E-state index in [0.717, 1.165) is 0 Å². The molecule has 0 spiro atoms. The van der Waals surface area contributed by atoms with E-state index in [1.807, 2.05) is 0 Å². The molecule has 0 bridgehead atoms. The molecule has 0 saturated carbocycles. The van der Waals surface area contributed by atoms with Gasteiger partial charge in [-0.25, -0.2) is 0 Å². The van der Waals surface area contributed by atoms with Crippen molar-refractivity contribution in [2.24, 2.45) is 0 Å². The molecule has 8 rings (SSSR count). The largest absolute Gasteiger partial charge is 0.309 e. The summed E-state index contributed by atoms with van der Waals surface area (Å²) in [5.41, 5.74) is 8.97. The van der Waals surface area contributed by atoms with Crippen molar-refractivity contribution in [3.8, 4) is 16.8 Å². The third-order valence-corrected chi connectivity index (χ3v) is 15.7. The summed E-state index contributed by atoms with van der Waals surface area (Å²) in [5.74, 6) is 0. The zero-order valence-electron chi connectivity index (χ0n) is 31.2.